The number of rotatable bonds is 3. The van der Waals surface area contributed by atoms with Gasteiger partial charge in [-0.15, -0.1) is 0 Å². The number of anilines is 3. The molecule has 0 spiro atoms. The number of fused-ring (bicyclic) bond motifs is 8. The summed E-state index contributed by atoms with van der Waals surface area (Å²) in [6.45, 7) is 6.93. The molecule has 2 heterocycles. The molecule has 0 fully saturated rings. The van der Waals surface area contributed by atoms with Gasteiger partial charge < -0.3 is 9.47 Å². The zero-order valence-electron chi connectivity index (χ0n) is 25.2. The van der Waals surface area contributed by atoms with E-state index in [9.17, 15) is 0 Å². The molecule has 0 N–H and O–H groups in total. The molecule has 0 amide bonds. The van der Waals surface area contributed by atoms with Crippen molar-refractivity contribution in [3.8, 4) is 5.69 Å². The SMILES string of the molecule is Cc1ccccc1N(c1ccc2c(c1)c1cccc3c1n2-c1ccccc1C3(C)C)c1cc2ccccc2c2ccccc12. The Hall–Kier alpha value is -5.34. The van der Waals surface area contributed by atoms with Crippen LogP contribution in [-0.2, 0) is 5.41 Å². The molecule has 2 nitrogen and oxygen atoms in total. The summed E-state index contributed by atoms with van der Waals surface area (Å²) in [7, 11) is 0. The van der Waals surface area contributed by atoms with Gasteiger partial charge in [-0.05, 0) is 76.2 Å². The minimum atomic E-state index is -0.0828. The van der Waals surface area contributed by atoms with Gasteiger partial charge in [0.05, 0.1) is 22.4 Å². The fraction of sp³-hybridized carbons (Fsp3) is 0.0952. The highest BCUT2D eigenvalue weighted by Gasteiger charge is 2.35. The van der Waals surface area contributed by atoms with Crippen LogP contribution in [0.1, 0.15) is 30.5 Å². The van der Waals surface area contributed by atoms with E-state index in [1.54, 1.807) is 0 Å². The molecule has 9 rings (SSSR count). The summed E-state index contributed by atoms with van der Waals surface area (Å²) in [5, 5.41) is 7.61. The lowest BCUT2D eigenvalue weighted by molar-refractivity contribution is 0.630. The van der Waals surface area contributed by atoms with Crippen LogP contribution in [0.4, 0.5) is 17.1 Å². The van der Waals surface area contributed by atoms with E-state index in [0.29, 0.717) is 0 Å². The average Bonchev–Trinajstić information content (AvgIpc) is 3.39. The van der Waals surface area contributed by atoms with Crippen molar-refractivity contribution in [1.29, 1.82) is 0 Å². The van der Waals surface area contributed by atoms with Crippen LogP contribution in [0, 0.1) is 6.92 Å². The summed E-state index contributed by atoms with van der Waals surface area (Å²) in [6, 6.07) is 51.5. The fourth-order valence-corrected chi connectivity index (χ4v) is 7.73. The quantitative estimate of drug-likeness (QED) is 0.194. The highest BCUT2D eigenvalue weighted by molar-refractivity contribution is 6.16. The van der Waals surface area contributed by atoms with Crippen molar-refractivity contribution < 1.29 is 0 Å². The van der Waals surface area contributed by atoms with E-state index in [-0.39, 0.29) is 5.41 Å². The summed E-state index contributed by atoms with van der Waals surface area (Å²) < 4.78 is 2.49. The Kier molecular flexibility index (Phi) is 5.20. The second kappa shape index (κ2) is 9.08. The van der Waals surface area contributed by atoms with E-state index in [1.807, 2.05) is 0 Å². The van der Waals surface area contributed by atoms with Crippen LogP contribution in [0.5, 0.6) is 0 Å². The standard InChI is InChI=1S/C42H32N2/c1-27-13-4-10-21-37(27)43(40-25-28-14-5-6-15-30(28)31-16-7-8-17-32(31)40)29-23-24-38-34(26-29)33-18-12-20-36-41(33)44(38)39-22-11-9-19-35(39)42(36,2)3/h4-26H,1-3H3. The molecule has 0 unspecified atom stereocenters. The van der Waals surface area contributed by atoms with Gasteiger partial charge in [-0.3, -0.25) is 0 Å². The van der Waals surface area contributed by atoms with Crippen LogP contribution in [0.15, 0.2) is 140 Å². The Morgan fingerprint density at radius 3 is 2.07 bits per heavy atom. The van der Waals surface area contributed by atoms with Crippen LogP contribution >= 0.6 is 0 Å². The first-order chi connectivity index (χ1) is 21.5. The van der Waals surface area contributed by atoms with E-state index in [0.717, 1.165) is 5.69 Å². The molecular weight excluding hydrogens is 532 g/mol. The fourth-order valence-electron chi connectivity index (χ4n) is 7.73. The number of hydrogen-bond donors (Lipinski definition) is 0. The first kappa shape index (κ1) is 25.2. The topological polar surface area (TPSA) is 8.17 Å². The summed E-state index contributed by atoms with van der Waals surface area (Å²) >= 11 is 0. The van der Waals surface area contributed by atoms with E-state index in [4.69, 9.17) is 0 Å². The molecule has 8 aromatic rings. The van der Waals surface area contributed by atoms with Crippen molar-refractivity contribution in [3.05, 3.63) is 156 Å². The molecule has 44 heavy (non-hydrogen) atoms. The van der Waals surface area contributed by atoms with Crippen LogP contribution < -0.4 is 4.90 Å². The van der Waals surface area contributed by atoms with Crippen LogP contribution in [0.2, 0.25) is 0 Å². The van der Waals surface area contributed by atoms with Gasteiger partial charge in [0.25, 0.3) is 0 Å². The van der Waals surface area contributed by atoms with Crippen molar-refractivity contribution in [2.24, 2.45) is 0 Å². The molecule has 0 bridgehead atoms. The predicted molar refractivity (Wildman–Crippen MR) is 187 cm³/mol. The van der Waals surface area contributed by atoms with Crippen molar-refractivity contribution in [2.45, 2.75) is 26.2 Å². The summed E-state index contributed by atoms with van der Waals surface area (Å²) in [5.74, 6) is 0. The first-order valence-corrected chi connectivity index (χ1v) is 15.5. The van der Waals surface area contributed by atoms with Gasteiger partial charge in [-0.25, -0.2) is 0 Å². The Bertz CT molecular complexity index is 2440. The van der Waals surface area contributed by atoms with Crippen LogP contribution in [0.3, 0.4) is 0 Å². The Morgan fingerprint density at radius 1 is 0.523 bits per heavy atom. The van der Waals surface area contributed by atoms with E-state index < -0.39 is 0 Å². The van der Waals surface area contributed by atoms with E-state index >= 15 is 0 Å². The van der Waals surface area contributed by atoms with Gasteiger partial charge in [0, 0.05) is 32.9 Å². The zero-order chi connectivity index (χ0) is 29.6. The van der Waals surface area contributed by atoms with Crippen LogP contribution in [0.25, 0.3) is 49.0 Å². The van der Waals surface area contributed by atoms with Gasteiger partial charge in [-0.1, -0.05) is 117 Å². The zero-order valence-corrected chi connectivity index (χ0v) is 25.2. The Morgan fingerprint density at radius 2 is 1.20 bits per heavy atom. The van der Waals surface area contributed by atoms with E-state index in [2.05, 4.69) is 170 Å². The maximum Gasteiger partial charge on any atom is 0.0582 e. The largest absolute Gasteiger partial charge is 0.310 e. The number of nitrogens with zero attached hydrogens (tertiary/aromatic N) is 2. The van der Waals surface area contributed by atoms with Gasteiger partial charge in [0.1, 0.15) is 0 Å². The lowest BCUT2D eigenvalue weighted by atomic mass is 9.75. The minimum Gasteiger partial charge on any atom is -0.310 e. The van der Waals surface area contributed by atoms with Crippen molar-refractivity contribution >= 4 is 60.4 Å². The third kappa shape index (κ3) is 3.37. The molecule has 0 radical (unpaired) electrons. The number of hydrogen-bond acceptors (Lipinski definition) is 1. The summed E-state index contributed by atoms with van der Waals surface area (Å²) in [6.07, 6.45) is 0. The van der Waals surface area contributed by atoms with Gasteiger partial charge in [0.2, 0.25) is 0 Å². The normalized spacial score (nSPS) is 13.5. The van der Waals surface area contributed by atoms with E-state index in [1.165, 1.54) is 77.1 Å². The number of para-hydroxylation sites is 3. The first-order valence-electron chi connectivity index (χ1n) is 15.5. The lowest BCUT2D eigenvalue weighted by Crippen LogP contribution is -2.26. The van der Waals surface area contributed by atoms with Gasteiger partial charge >= 0.3 is 0 Å². The molecule has 1 aliphatic rings. The highest BCUT2D eigenvalue weighted by atomic mass is 15.1. The van der Waals surface area contributed by atoms with Crippen molar-refractivity contribution in [2.75, 3.05) is 4.90 Å². The monoisotopic (exact) mass is 564 g/mol. The maximum atomic E-state index is 2.49. The smallest absolute Gasteiger partial charge is 0.0582 e. The molecule has 210 valence electrons. The predicted octanol–water partition coefficient (Wildman–Crippen LogP) is 11.5. The lowest BCUT2D eigenvalue weighted by Gasteiger charge is -2.34. The highest BCUT2D eigenvalue weighted by Crippen LogP contribution is 2.49. The summed E-state index contributed by atoms with van der Waals surface area (Å²) in [5.41, 5.74) is 11.3. The minimum absolute atomic E-state index is 0.0828. The number of aryl methyl sites for hydroxylation is 1. The third-order valence-corrected chi connectivity index (χ3v) is 9.86. The molecular formula is C42H32N2. The molecule has 1 aromatic heterocycles. The molecule has 0 aliphatic carbocycles. The van der Waals surface area contributed by atoms with Crippen molar-refractivity contribution in [3.63, 3.8) is 0 Å². The molecule has 0 saturated heterocycles. The average molecular weight is 565 g/mol. The molecule has 2 heteroatoms. The second-order valence-corrected chi connectivity index (χ2v) is 12.7. The maximum absolute atomic E-state index is 2.49. The van der Waals surface area contributed by atoms with Gasteiger partial charge in [-0.2, -0.15) is 0 Å². The molecule has 0 atom stereocenters. The molecule has 1 aliphatic heterocycles. The van der Waals surface area contributed by atoms with Gasteiger partial charge in [0.15, 0.2) is 0 Å². The molecule has 0 saturated carbocycles. The Labute approximate surface area is 257 Å². The Balaban J connectivity index is 1.38. The third-order valence-electron chi connectivity index (χ3n) is 9.86. The second-order valence-electron chi connectivity index (χ2n) is 12.7. The van der Waals surface area contributed by atoms with Crippen molar-refractivity contribution in [1.82, 2.24) is 4.57 Å². The summed E-state index contributed by atoms with van der Waals surface area (Å²) in [4.78, 5) is 2.47. The number of benzene rings is 7. The van der Waals surface area contributed by atoms with Crippen LogP contribution in [-0.4, -0.2) is 4.57 Å². The molecule has 7 aromatic carbocycles. The number of aromatic nitrogens is 1.